The van der Waals surface area contributed by atoms with Crippen molar-refractivity contribution in [2.75, 3.05) is 0 Å². The van der Waals surface area contributed by atoms with Crippen LogP contribution in [0, 0.1) is 0 Å². The first kappa shape index (κ1) is 12.4. The number of nitrogens with one attached hydrogen (secondary N) is 1. The van der Waals surface area contributed by atoms with Gasteiger partial charge in [-0.05, 0) is 47.1 Å². The molecule has 1 aliphatic rings. The molecule has 1 nitrogen and oxygen atoms in total. The molecular weight excluding hydrogens is 303 g/mol. The molecule has 0 amide bonds. The van der Waals surface area contributed by atoms with Gasteiger partial charge < -0.3 is 0 Å². The molecule has 0 aromatic carbocycles. The van der Waals surface area contributed by atoms with Crippen molar-refractivity contribution in [1.29, 1.82) is 0 Å². The van der Waals surface area contributed by atoms with Crippen LogP contribution in [0.2, 0.25) is 0 Å². The second-order valence-electron chi connectivity index (χ2n) is 4.08. The number of thiophene rings is 1. The van der Waals surface area contributed by atoms with Crippen LogP contribution in [0.1, 0.15) is 30.7 Å². The van der Waals surface area contributed by atoms with Crippen LogP contribution in [-0.2, 0) is 0 Å². The molecule has 1 aliphatic carbocycles. The van der Waals surface area contributed by atoms with Crippen molar-refractivity contribution < 1.29 is 13.2 Å². The Balaban J connectivity index is 2.09. The monoisotopic (exact) mass is 313 g/mol. The molecule has 1 unspecified atom stereocenters. The molecule has 1 aromatic rings. The van der Waals surface area contributed by atoms with E-state index in [9.17, 15) is 13.2 Å². The Morgan fingerprint density at radius 3 is 2.50 bits per heavy atom. The van der Waals surface area contributed by atoms with Crippen molar-refractivity contribution in [3.05, 3.63) is 20.8 Å². The second-order valence-corrected chi connectivity index (χ2v) is 5.88. The van der Waals surface area contributed by atoms with Gasteiger partial charge in [0.1, 0.15) is 5.54 Å². The number of rotatable bonds is 3. The normalized spacial score (nSPS) is 20.8. The molecule has 1 fully saturated rings. The van der Waals surface area contributed by atoms with E-state index in [4.69, 9.17) is 0 Å². The first-order valence-electron chi connectivity index (χ1n) is 4.93. The van der Waals surface area contributed by atoms with Crippen LogP contribution < -0.4 is 5.32 Å². The molecule has 0 bridgehead atoms. The maximum atomic E-state index is 12.7. The highest BCUT2D eigenvalue weighted by Gasteiger charge is 2.63. The fourth-order valence-corrected chi connectivity index (χ4v) is 3.45. The van der Waals surface area contributed by atoms with Crippen LogP contribution in [0.3, 0.4) is 0 Å². The first-order chi connectivity index (χ1) is 7.36. The van der Waals surface area contributed by atoms with E-state index in [2.05, 4.69) is 21.2 Å². The molecule has 2 rings (SSSR count). The summed E-state index contributed by atoms with van der Waals surface area (Å²) in [6.45, 7) is 1.77. The molecule has 1 N–H and O–H groups in total. The van der Waals surface area contributed by atoms with Gasteiger partial charge in [-0.2, -0.15) is 13.2 Å². The van der Waals surface area contributed by atoms with Crippen molar-refractivity contribution in [3.63, 3.8) is 0 Å². The smallest absolute Gasteiger partial charge is 0.296 e. The largest absolute Gasteiger partial charge is 0.406 e. The molecule has 0 aliphatic heterocycles. The molecule has 0 radical (unpaired) electrons. The SMILES string of the molecule is CC(NC1(C(F)(F)F)CC1)c1sccc1Br. The first-order valence-corrected chi connectivity index (χ1v) is 6.60. The van der Waals surface area contributed by atoms with Crippen LogP contribution in [0.25, 0.3) is 0 Å². The zero-order chi connectivity index (χ0) is 12.0. The molecule has 1 aromatic heterocycles. The Hall–Kier alpha value is -0.0700. The van der Waals surface area contributed by atoms with Gasteiger partial charge in [0.25, 0.3) is 0 Å². The fourth-order valence-electron chi connectivity index (χ4n) is 1.73. The summed E-state index contributed by atoms with van der Waals surface area (Å²) in [5.41, 5.74) is -1.64. The second kappa shape index (κ2) is 3.99. The Bertz CT molecular complexity index is 384. The summed E-state index contributed by atoms with van der Waals surface area (Å²) in [5, 5.41) is 4.57. The van der Waals surface area contributed by atoms with Crippen molar-refractivity contribution in [2.24, 2.45) is 0 Å². The van der Waals surface area contributed by atoms with Crippen molar-refractivity contribution in [3.8, 4) is 0 Å². The Morgan fingerprint density at radius 2 is 2.12 bits per heavy atom. The highest BCUT2D eigenvalue weighted by molar-refractivity contribution is 9.10. The van der Waals surface area contributed by atoms with Gasteiger partial charge in [0.2, 0.25) is 0 Å². The zero-order valence-corrected chi connectivity index (χ0v) is 11.0. The van der Waals surface area contributed by atoms with Crippen LogP contribution in [-0.4, -0.2) is 11.7 Å². The molecule has 16 heavy (non-hydrogen) atoms. The van der Waals surface area contributed by atoms with Gasteiger partial charge in [-0.25, -0.2) is 0 Å². The average molecular weight is 314 g/mol. The summed E-state index contributed by atoms with van der Waals surface area (Å²) >= 11 is 4.79. The fraction of sp³-hybridized carbons (Fsp3) is 0.600. The quantitative estimate of drug-likeness (QED) is 0.879. The number of hydrogen-bond acceptors (Lipinski definition) is 2. The van der Waals surface area contributed by atoms with Gasteiger partial charge in [-0.15, -0.1) is 11.3 Å². The molecule has 90 valence electrons. The van der Waals surface area contributed by atoms with Gasteiger partial charge in [0.05, 0.1) is 0 Å². The van der Waals surface area contributed by atoms with Gasteiger partial charge in [-0.3, -0.25) is 5.32 Å². The third-order valence-electron chi connectivity index (χ3n) is 2.82. The Labute approximate surface area is 104 Å². The van der Waals surface area contributed by atoms with Crippen molar-refractivity contribution >= 4 is 27.3 Å². The predicted molar refractivity (Wildman–Crippen MR) is 61.6 cm³/mol. The van der Waals surface area contributed by atoms with Gasteiger partial charge >= 0.3 is 6.18 Å². The third-order valence-corrected chi connectivity index (χ3v) is 4.88. The highest BCUT2D eigenvalue weighted by atomic mass is 79.9. The Kier molecular flexibility index (Phi) is 3.09. The van der Waals surface area contributed by atoms with E-state index >= 15 is 0 Å². The summed E-state index contributed by atoms with van der Waals surface area (Å²) in [7, 11) is 0. The summed E-state index contributed by atoms with van der Waals surface area (Å²) in [6, 6.07) is 1.57. The van der Waals surface area contributed by atoms with E-state index in [0.717, 1.165) is 9.35 Å². The van der Waals surface area contributed by atoms with E-state index in [1.807, 2.05) is 11.4 Å². The standard InChI is InChI=1S/C10H11BrF3NS/c1-6(8-7(11)2-5-16-8)15-9(3-4-9)10(12,13)14/h2,5-6,15H,3-4H2,1H3. The minimum atomic E-state index is -4.15. The van der Waals surface area contributed by atoms with Crippen LogP contribution in [0.4, 0.5) is 13.2 Å². The topological polar surface area (TPSA) is 12.0 Å². The van der Waals surface area contributed by atoms with Crippen LogP contribution >= 0.6 is 27.3 Å². The van der Waals surface area contributed by atoms with Gasteiger partial charge in [-0.1, -0.05) is 0 Å². The molecule has 1 heterocycles. The zero-order valence-electron chi connectivity index (χ0n) is 8.57. The average Bonchev–Trinajstić information content (AvgIpc) is 2.81. The maximum Gasteiger partial charge on any atom is 0.406 e. The van der Waals surface area contributed by atoms with Crippen LogP contribution in [0.15, 0.2) is 15.9 Å². The highest BCUT2D eigenvalue weighted by Crippen LogP contribution is 2.50. The summed E-state index contributed by atoms with van der Waals surface area (Å²) in [5.74, 6) is 0. The predicted octanol–water partition coefficient (Wildman–Crippen LogP) is 4.26. The van der Waals surface area contributed by atoms with Gasteiger partial charge in [0, 0.05) is 15.4 Å². The van der Waals surface area contributed by atoms with Crippen molar-refractivity contribution in [1.82, 2.24) is 5.32 Å². The minimum Gasteiger partial charge on any atom is -0.296 e. The van der Waals surface area contributed by atoms with E-state index in [0.29, 0.717) is 0 Å². The van der Waals surface area contributed by atoms with Crippen molar-refractivity contribution in [2.45, 2.75) is 37.5 Å². The lowest BCUT2D eigenvalue weighted by Gasteiger charge is -2.24. The van der Waals surface area contributed by atoms with Crippen LogP contribution in [0.5, 0.6) is 0 Å². The molecule has 1 saturated carbocycles. The minimum absolute atomic E-state index is 0.184. The molecule has 0 spiro atoms. The molecule has 1 atom stereocenters. The van der Waals surface area contributed by atoms with E-state index in [1.165, 1.54) is 11.3 Å². The molecule has 6 heteroatoms. The third kappa shape index (κ3) is 2.15. The van der Waals surface area contributed by atoms with E-state index < -0.39 is 11.7 Å². The van der Waals surface area contributed by atoms with Gasteiger partial charge in [0.15, 0.2) is 0 Å². The Morgan fingerprint density at radius 1 is 1.50 bits per heavy atom. The summed E-state index contributed by atoms with van der Waals surface area (Å²) < 4.78 is 39.1. The lowest BCUT2D eigenvalue weighted by Crippen LogP contribution is -2.45. The summed E-state index contributed by atoms with van der Waals surface area (Å²) in [4.78, 5) is 0.913. The maximum absolute atomic E-state index is 12.7. The van der Waals surface area contributed by atoms with E-state index in [-0.39, 0.29) is 18.9 Å². The van der Waals surface area contributed by atoms with E-state index in [1.54, 1.807) is 6.92 Å². The number of halogens is 4. The molecular formula is C10H11BrF3NS. The summed E-state index contributed by atoms with van der Waals surface area (Å²) in [6.07, 6.45) is -3.78. The lowest BCUT2D eigenvalue weighted by atomic mass is 10.2. The number of alkyl halides is 3. The lowest BCUT2D eigenvalue weighted by molar-refractivity contribution is -0.167. The number of hydrogen-bond donors (Lipinski definition) is 1. The molecule has 0 saturated heterocycles.